The van der Waals surface area contributed by atoms with Gasteiger partial charge in [0.25, 0.3) is 5.91 Å². The molecule has 1 aliphatic rings. The summed E-state index contributed by atoms with van der Waals surface area (Å²) in [7, 11) is 0. The molecule has 2 rings (SSSR count). The highest BCUT2D eigenvalue weighted by molar-refractivity contribution is 9.10. The monoisotopic (exact) mass is 299 g/mol. The molecule has 1 atom stereocenters. The Morgan fingerprint density at radius 3 is 2.82 bits per heavy atom. The highest BCUT2D eigenvalue weighted by atomic mass is 79.9. The largest absolute Gasteiger partial charge is 0.336 e. The molecule has 1 amide bonds. The molecule has 1 heterocycles. The molecule has 0 radical (unpaired) electrons. The summed E-state index contributed by atoms with van der Waals surface area (Å²) >= 11 is 3.31. The van der Waals surface area contributed by atoms with Crippen molar-refractivity contribution < 1.29 is 9.18 Å². The van der Waals surface area contributed by atoms with Crippen LogP contribution >= 0.6 is 15.9 Å². The Morgan fingerprint density at radius 1 is 1.53 bits per heavy atom. The van der Waals surface area contributed by atoms with Crippen molar-refractivity contribution in [3.8, 4) is 0 Å². The van der Waals surface area contributed by atoms with Crippen LogP contribution in [0.5, 0.6) is 0 Å². The van der Waals surface area contributed by atoms with E-state index in [0.29, 0.717) is 4.47 Å². The number of rotatable bonds is 1. The van der Waals surface area contributed by atoms with E-state index in [1.807, 2.05) is 13.8 Å². The van der Waals surface area contributed by atoms with Gasteiger partial charge in [-0.25, -0.2) is 4.39 Å². The second kappa shape index (κ2) is 4.77. The third-order valence-electron chi connectivity index (χ3n) is 3.31. The van der Waals surface area contributed by atoms with Gasteiger partial charge in [0.2, 0.25) is 0 Å². The van der Waals surface area contributed by atoms with E-state index in [1.54, 1.807) is 11.0 Å². The van der Waals surface area contributed by atoms with Gasteiger partial charge < -0.3 is 4.90 Å². The molecular weight excluding hydrogens is 285 g/mol. The third-order valence-corrected chi connectivity index (χ3v) is 4.33. The number of hydrogen-bond donors (Lipinski definition) is 0. The molecule has 0 aromatic heterocycles. The zero-order valence-electron chi connectivity index (χ0n) is 9.96. The number of hydrogen-bond acceptors (Lipinski definition) is 1. The van der Waals surface area contributed by atoms with Gasteiger partial charge in [-0.3, -0.25) is 4.79 Å². The maximum atomic E-state index is 13.8. The number of likely N-dealkylation sites (tertiary alicyclic amines) is 1. The van der Waals surface area contributed by atoms with Crippen LogP contribution in [0.2, 0.25) is 0 Å². The van der Waals surface area contributed by atoms with E-state index in [4.69, 9.17) is 0 Å². The van der Waals surface area contributed by atoms with Gasteiger partial charge in [-0.15, -0.1) is 0 Å². The summed E-state index contributed by atoms with van der Waals surface area (Å²) in [4.78, 5) is 14.1. The van der Waals surface area contributed by atoms with Crippen molar-refractivity contribution in [3.05, 3.63) is 33.5 Å². The number of aryl methyl sites for hydroxylation is 1. The van der Waals surface area contributed by atoms with Crippen molar-refractivity contribution in [1.82, 2.24) is 4.90 Å². The highest BCUT2D eigenvalue weighted by Crippen LogP contribution is 2.28. The van der Waals surface area contributed by atoms with Gasteiger partial charge in [-0.05, 0) is 54.2 Å². The summed E-state index contributed by atoms with van der Waals surface area (Å²) in [5.74, 6) is -0.658. The minimum absolute atomic E-state index is 0.166. The van der Waals surface area contributed by atoms with Crippen LogP contribution in [0.1, 0.15) is 35.7 Å². The average molecular weight is 300 g/mol. The summed E-state index contributed by atoms with van der Waals surface area (Å²) in [6.45, 7) is 4.58. The molecule has 0 bridgehead atoms. The molecule has 0 spiro atoms. The number of halogens is 2. The van der Waals surface area contributed by atoms with E-state index < -0.39 is 5.82 Å². The second-order valence-corrected chi connectivity index (χ2v) is 5.34. The molecule has 92 valence electrons. The lowest BCUT2D eigenvalue weighted by atomic mass is 10.1. The van der Waals surface area contributed by atoms with Crippen molar-refractivity contribution in [2.75, 3.05) is 6.54 Å². The van der Waals surface area contributed by atoms with Crippen molar-refractivity contribution in [2.45, 2.75) is 32.7 Å². The van der Waals surface area contributed by atoms with Crippen molar-refractivity contribution in [2.24, 2.45) is 0 Å². The summed E-state index contributed by atoms with van der Waals surface area (Å²) in [6.07, 6.45) is 1.99. The number of carbonyl (C=O) groups excluding carboxylic acids is 1. The predicted molar refractivity (Wildman–Crippen MR) is 68.6 cm³/mol. The number of carbonyl (C=O) groups is 1. The maximum absolute atomic E-state index is 13.8. The number of benzene rings is 1. The minimum Gasteiger partial charge on any atom is -0.336 e. The molecule has 2 nitrogen and oxygen atoms in total. The molecule has 17 heavy (non-hydrogen) atoms. The van der Waals surface area contributed by atoms with Gasteiger partial charge in [0.05, 0.1) is 5.56 Å². The molecule has 1 aromatic rings. The number of nitrogens with zero attached hydrogens (tertiary/aromatic N) is 1. The highest BCUT2D eigenvalue weighted by Gasteiger charge is 2.29. The lowest BCUT2D eigenvalue weighted by Gasteiger charge is -2.22. The Kier molecular flexibility index (Phi) is 3.52. The molecule has 4 heteroatoms. The fourth-order valence-corrected chi connectivity index (χ4v) is 2.72. The molecule has 0 N–H and O–H groups in total. The predicted octanol–water partition coefficient (Wildman–Crippen LogP) is 3.52. The zero-order valence-corrected chi connectivity index (χ0v) is 11.6. The third kappa shape index (κ3) is 2.23. The van der Waals surface area contributed by atoms with Gasteiger partial charge in [0, 0.05) is 17.1 Å². The van der Waals surface area contributed by atoms with E-state index in [9.17, 15) is 9.18 Å². The zero-order chi connectivity index (χ0) is 12.6. The van der Waals surface area contributed by atoms with Crippen LogP contribution < -0.4 is 0 Å². The average Bonchev–Trinajstić information content (AvgIpc) is 2.70. The van der Waals surface area contributed by atoms with Crippen LogP contribution in [0.15, 0.2) is 16.6 Å². The second-order valence-electron chi connectivity index (χ2n) is 4.54. The molecule has 0 aliphatic carbocycles. The fraction of sp³-hybridized carbons (Fsp3) is 0.462. The number of amides is 1. The first-order chi connectivity index (χ1) is 8.02. The summed E-state index contributed by atoms with van der Waals surface area (Å²) in [5.41, 5.74) is 1.04. The van der Waals surface area contributed by atoms with E-state index >= 15 is 0 Å². The molecular formula is C13H15BrFNO. The van der Waals surface area contributed by atoms with Crippen LogP contribution in [0.3, 0.4) is 0 Å². The SMILES string of the molecule is Cc1ccc(F)c(C(=O)N2CCCC2C)c1Br. The van der Waals surface area contributed by atoms with Crippen LogP contribution in [0.25, 0.3) is 0 Å². The normalized spacial score (nSPS) is 19.8. The Bertz CT molecular complexity index is 461. The Labute approximate surface area is 109 Å². The summed E-state index contributed by atoms with van der Waals surface area (Å²) in [6, 6.07) is 3.23. The first-order valence-electron chi connectivity index (χ1n) is 5.78. The molecule has 0 saturated carbocycles. The lowest BCUT2D eigenvalue weighted by Crippen LogP contribution is -2.34. The van der Waals surface area contributed by atoms with Gasteiger partial charge in [-0.1, -0.05) is 6.07 Å². The van der Waals surface area contributed by atoms with E-state index in [1.165, 1.54) is 6.07 Å². The smallest absolute Gasteiger partial charge is 0.258 e. The minimum atomic E-state index is -0.452. The van der Waals surface area contributed by atoms with Gasteiger partial charge in [0.15, 0.2) is 0 Å². The van der Waals surface area contributed by atoms with Crippen molar-refractivity contribution >= 4 is 21.8 Å². The molecule has 1 aromatic carbocycles. The summed E-state index contributed by atoms with van der Waals surface area (Å²) < 4.78 is 14.4. The first kappa shape index (κ1) is 12.6. The summed E-state index contributed by atoms with van der Waals surface area (Å²) in [5, 5.41) is 0. The maximum Gasteiger partial charge on any atom is 0.258 e. The Morgan fingerprint density at radius 2 is 2.24 bits per heavy atom. The van der Waals surface area contributed by atoms with E-state index in [0.717, 1.165) is 24.9 Å². The Hall–Kier alpha value is -0.900. The van der Waals surface area contributed by atoms with Crippen LogP contribution in [0, 0.1) is 12.7 Å². The van der Waals surface area contributed by atoms with Crippen molar-refractivity contribution in [1.29, 1.82) is 0 Å². The quantitative estimate of drug-likeness (QED) is 0.777. The molecule has 1 unspecified atom stereocenters. The lowest BCUT2D eigenvalue weighted by molar-refractivity contribution is 0.0741. The van der Waals surface area contributed by atoms with E-state index in [-0.39, 0.29) is 17.5 Å². The van der Waals surface area contributed by atoms with Crippen LogP contribution in [-0.2, 0) is 0 Å². The van der Waals surface area contributed by atoms with Crippen LogP contribution in [0.4, 0.5) is 4.39 Å². The first-order valence-corrected chi connectivity index (χ1v) is 6.57. The molecule has 1 saturated heterocycles. The van der Waals surface area contributed by atoms with E-state index in [2.05, 4.69) is 15.9 Å². The van der Waals surface area contributed by atoms with Crippen molar-refractivity contribution in [3.63, 3.8) is 0 Å². The fourth-order valence-electron chi connectivity index (χ4n) is 2.23. The molecule has 1 fully saturated rings. The van der Waals surface area contributed by atoms with Gasteiger partial charge in [0.1, 0.15) is 5.82 Å². The van der Waals surface area contributed by atoms with Gasteiger partial charge >= 0.3 is 0 Å². The van der Waals surface area contributed by atoms with Gasteiger partial charge in [-0.2, -0.15) is 0 Å². The van der Waals surface area contributed by atoms with Crippen LogP contribution in [-0.4, -0.2) is 23.4 Å². The Balaban J connectivity index is 2.40. The molecule has 1 aliphatic heterocycles. The standard InChI is InChI=1S/C13H15BrFNO/c1-8-5-6-10(15)11(12(8)14)13(17)16-7-3-4-9(16)2/h5-6,9H,3-4,7H2,1-2H3. The topological polar surface area (TPSA) is 20.3 Å².